The van der Waals surface area contributed by atoms with Crippen LogP contribution in [-0.2, 0) is 4.74 Å². The van der Waals surface area contributed by atoms with Crippen LogP contribution in [0, 0.1) is 0 Å². The van der Waals surface area contributed by atoms with Crippen LogP contribution < -0.4 is 15.4 Å². The van der Waals surface area contributed by atoms with Gasteiger partial charge in [-0.15, -0.1) is 0 Å². The summed E-state index contributed by atoms with van der Waals surface area (Å²) < 4.78 is 10.2. The molecule has 0 radical (unpaired) electrons. The van der Waals surface area contributed by atoms with Gasteiger partial charge in [-0.3, -0.25) is 10.1 Å². The standard InChI is InChI=1S/C18H21N3O4/c1-18(2,3)25-17(23)21-13-7-5-6-12(10-13)16(22)20-14-8-9-15(24-4)19-11-14/h5-11H,1-4H3,(H,20,22)(H,21,23). The van der Waals surface area contributed by atoms with E-state index in [9.17, 15) is 9.59 Å². The molecule has 25 heavy (non-hydrogen) atoms. The van der Waals surface area contributed by atoms with Crippen molar-refractivity contribution >= 4 is 23.4 Å². The van der Waals surface area contributed by atoms with Crippen LogP contribution in [0.25, 0.3) is 0 Å². The summed E-state index contributed by atoms with van der Waals surface area (Å²) in [5, 5.41) is 5.33. The molecular weight excluding hydrogens is 322 g/mol. The fraction of sp³-hybridized carbons (Fsp3) is 0.278. The first-order chi connectivity index (χ1) is 11.8. The lowest BCUT2D eigenvalue weighted by atomic mass is 10.2. The Morgan fingerprint density at radius 1 is 1.04 bits per heavy atom. The number of nitrogens with one attached hydrogen (secondary N) is 2. The molecule has 0 aliphatic carbocycles. The van der Waals surface area contributed by atoms with E-state index in [4.69, 9.17) is 9.47 Å². The fourth-order valence-corrected chi connectivity index (χ4v) is 1.94. The summed E-state index contributed by atoms with van der Waals surface area (Å²) in [4.78, 5) is 28.2. The quantitative estimate of drug-likeness (QED) is 0.884. The van der Waals surface area contributed by atoms with E-state index >= 15 is 0 Å². The van der Waals surface area contributed by atoms with Gasteiger partial charge in [-0.25, -0.2) is 9.78 Å². The third-order valence-electron chi connectivity index (χ3n) is 2.97. The van der Waals surface area contributed by atoms with Crippen LogP contribution in [0.15, 0.2) is 42.6 Å². The molecule has 0 spiro atoms. The monoisotopic (exact) mass is 343 g/mol. The van der Waals surface area contributed by atoms with Crippen molar-refractivity contribution in [2.45, 2.75) is 26.4 Å². The topological polar surface area (TPSA) is 89.6 Å². The molecule has 0 aliphatic heterocycles. The molecule has 2 aromatic rings. The average molecular weight is 343 g/mol. The second-order valence-corrected chi connectivity index (χ2v) is 6.25. The van der Waals surface area contributed by atoms with E-state index in [1.807, 2.05) is 0 Å². The first-order valence-corrected chi connectivity index (χ1v) is 7.68. The number of aromatic nitrogens is 1. The number of methoxy groups -OCH3 is 1. The first kappa shape index (κ1) is 18.3. The van der Waals surface area contributed by atoms with E-state index in [1.54, 1.807) is 57.2 Å². The summed E-state index contributed by atoms with van der Waals surface area (Å²) in [7, 11) is 1.52. The Labute approximate surface area is 146 Å². The number of hydrogen-bond donors (Lipinski definition) is 2. The maximum Gasteiger partial charge on any atom is 0.412 e. The van der Waals surface area contributed by atoms with Gasteiger partial charge in [0.1, 0.15) is 5.60 Å². The predicted octanol–water partition coefficient (Wildman–Crippen LogP) is 3.69. The second kappa shape index (κ2) is 7.65. The number of amides is 2. The summed E-state index contributed by atoms with van der Waals surface area (Å²) in [5.74, 6) is 0.140. The lowest BCUT2D eigenvalue weighted by molar-refractivity contribution is 0.0635. The Morgan fingerprint density at radius 3 is 2.40 bits per heavy atom. The SMILES string of the molecule is COc1ccc(NC(=O)c2cccc(NC(=O)OC(C)(C)C)c2)cn1. The number of hydrogen-bond acceptors (Lipinski definition) is 5. The van der Waals surface area contributed by atoms with Crippen LogP contribution in [0.3, 0.4) is 0 Å². The van der Waals surface area contributed by atoms with Crippen molar-refractivity contribution in [1.82, 2.24) is 4.98 Å². The summed E-state index contributed by atoms with van der Waals surface area (Å²) in [6.45, 7) is 5.33. The number of carbonyl (C=O) groups is 2. The lowest BCUT2D eigenvalue weighted by Crippen LogP contribution is -2.27. The maximum atomic E-state index is 12.3. The van der Waals surface area contributed by atoms with Crippen molar-refractivity contribution < 1.29 is 19.1 Å². The minimum Gasteiger partial charge on any atom is -0.481 e. The third-order valence-corrected chi connectivity index (χ3v) is 2.97. The van der Waals surface area contributed by atoms with Crippen LogP contribution in [0.2, 0.25) is 0 Å². The molecule has 0 aliphatic rings. The molecule has 0 saturated carbocycles. The van der Waals surface area contributed by atoms with Crippen LogP contribution >= 0.6 is 0 Å². The van der Waals surface area contributed by atoms with Gasteiger partial charge in [0, 0.05) is 17.3 Å². The molecule has 0 bridgehead atoms. The number of anilines is 2. The second-order valence-electron chi connectivity index (χ2n) is 6.25. The number of carbonyl (C=O) groups excluding carboxylic acids is 2. The molecule has 7 nitrogen and oxygen atoms in total. The van der Waals surface area contributed by atoms with E-state index in [-0.39, 0.29) is 5.91 Å². The van der Waals surface area contributed by atoms with Gasteiger partial charge in [0.2, 0.25) is 5.88 Å². The predicted molar refractivity (Wildman–Crippen MR) is 95.0 cm³/mol. The van der Waals surface area contributed by atoms with Crippen LogP contribution in [-0.4, -0.2) is 29.7 Å². The fourth-order valence-electron chi connectivity index (χ4n) is 1.94. The Hall–Kier alpha value is -3.09. The zero-order valence-electron chi connectivity index (χ0n) is 14.6. The van der Waals surface area contributed by atoms with Crippen LogP contribution in [0.5, 0.6) is 5.88 Å². The highest BCUT2D eigenvalue weighted by molar-refractivity contribution is 6.05. The molecule has 1 heterocycles. The van der Waals surface area contributed by atoms with Crippen molar-refractivity contribution in [1.29, 1.82) is 0 Å². The summed E-state index contributed by atoms with van der Waals surface area (Å²) in [5.41, 5.74) is 0.802. The number of benzene rings is 1. The Kier molecular flexibility index (Phi) is 5.59. The largest absolute Gasteiger partial charge is 0.481 e. The molecule has 2 rings (SSSR count). The lowest BCUT2D eigenvalue weighted by Gasteiger charge is -2.19. The molecule has 132 valence electrons. The average Bonchev–Trinajstić information content (AvgIpc) is 2.54. The highest BCUT2D eigenvalue weighted by Gasteiger charge is 2.16. The smallest absolute Gasteiger partial charge is 0.412 e. The van der Waals surface area contributed by atoms with Crippen molar-refractivity contribution in [2.24, 2.45) is 0 Å². The number of ether oxygens (including phenoxy) is 2. The zero-order chi connectivity index (χ0) is 18.4. The Balaban J connectivity index is 2.04. The molecule has 0 saturated heterocycles. The first-order valence-electron chi connectivity index (χ1n) is 7.68. The molecular formula is C18H21N3O4. The molecule has 7 heteroatoms. The van der Waals surface area contributed by atoms with E-state index in [2.05, 4.69) is 15.6 Å². The van der Waals surface area contributed by atoms with E-state index in [0.29, 0.717) is 22.8 Å². The van der Waals surface area contributed by atoms with Crippen LogP contribution in [0.1, 0.15) is 31.1 Å². The van der Waals surface area contributed by atoms with Crippen LogP contribution in [0.4, 0.5) is 16.2 Å². The molecule has 1 aromatic heterocycles. The molecule has 2 N–H and O–H groups in total. The van der Waals surface area contributed by atoms with Gasteiger partial charge in [-0.2, -0.15) is 0 Å². The number of pyridine rings is 1. The zero-order valence-corrected chi connectivity index (χ0v) is 14.6. The van der Waals surface area contributed by atoms with E-state index < -0.39 is 11.7 Å². The highest BCUT2D eigenvalue weighted by Crippen LogP contribution is 2.16. The minimum atomic E-state index is -0.597. The summed E-state index contributed by atoms with van der Waals surface area (Å²) in [6.07, 6.45) is 0.920. The number of rotatable bonds is 4. The Bertz CT molecular complexity index is 752. The van der Waals surface area contributed by atoms with Crippen molar-refractivity contribution in [3.8, 4) is 5.88 Å². The van der Waals surface area contributed by atoms with Gasteiger partial charge >= 0.3 is 6.09 Å². The number of nitrogens with zero attached hydrogens (tertiary/aromatic N) is 1. The van der Waals surface area contributed by atoms with Gasteiger partial charge in [0.05, 0.1) is 19.0 Å². The van der Waals surface area contributed by atoms with Gasteiger partial charge in [0.15, 0.2) is 0 Å². The maximum absolute atomic E-state index is 12.3. The van der Waals surface area contributed by atoms with E-state index in [1.165, 1.54) is 13.3 Å². The summed E-state index contributed by atoms with van der Waals surface area (Å²) >= 11 is 0. The minimum absolute atomic E-state index is 0.320. The molecule has 2 amide bonds. The van der Waals surface area contributed by atoms with E-state index in [0.717, 1.165) is 0 Å². The van der Waals surface area contributed by atoms with Gasteiger partial charge < -0.3 is 14.8 Å². The highest BCUT2D eigenvalue weighted by atomic mass is 16.6. The third kappa shape index (κ3) is 5.80. The van der Waals surface area contributed by atoms with Gasteiger partial charge in [-0.05, 0) is 45.0 Å². The van der Waals surface area contributed by atoms with Gasteiger partial charge in [-0.1, -0.05) is 6.07 Å². The van der Waals surface area contributed by atoms with Gasteiger partial charge in [0.25, 0.3) is 5.91 Å². The normalized spacial score (nSPS) is 10.7. The summed E-state index contributed by atoms with van der Waals surface area (Å²) in [6, 6.07) is 9.90. The Morgan fingerprint density at radius 2 is 1.80 bits per heavy atom. The molecule has 0 atom stereocenters. The van der Waals surface area contributed by atoms with Crippen molar-refractivity contribution in [3.63, 3.8) is 0 Å². The van der Waals surface area contributed by atoms with Crippen molar-refractivity contribution in [2.75, 3.05) is 17.7 Å². The molecule has 0 unspecified atom stereocenters. The van der Waals surface area contributed by atoms with Crippen molar-refractivity contribution in [3.05, 3.63) is 48.2 Å². The molecule has 0 fully saturated rings. The molecule has 1 aromatic carbocycles.